The van der Waals surface area contributed by atoms with Crippen LogP contribution in [0.25, 0.3) is 0 Å². The Morgan fingerprint density at radius 2 is 1.65 bits per heavy atom. The Morgan fingerprint density at radius 1 is 0.950 bits per heavy atom. The zero-order valence-electron chi connectivity index (χ0n) is 22.5. The van der Waals surface area contributed by atoms with Gasteiger partial charge in [-0.15, -0.1) is 0 Å². The molecule has 0 saturated heterocycles. The first kappa shape index (κ1) is 31.7. The number of aryl methyl sites for hydroxylation is 1. The standard InChI is InChI=1S/C29H32Cl3N3O4S/c1-4-5-15-33-29(37)21(3)34(18-22-12-13-23(30)16-27(22)32)28(36)19-35(24-14-11-20(2)26(31)17-24)40(38,39)25-9-7-6-8-10-25/h6-14,16-17,21H,4-5,15,18-19H2,1-3H3,(H,33,37)/t21-/m0/s1. The summed E-state index contributed by atoms with van der Waals surface area (Å²) in [6.07, 6.45) is 1.68. The van der Waals surface area contributed by atoms with Crippen molar-refractivity contribution < 1.29 is 18.0 Å². The molecule has 0 spiro atoms. The highest BCUT2D eigenvalue weighted by atomic mass is 35.5. The van der Waals surface area contributed by atoms with E-state index >= 15 is 0 Å². The van der Waals surface area contributed by atoms with E-state index in [4.69, 9.17) is 34.8 Å². The van der Waals surface area contributed by atoms with Gasteiger partial charge in [-0.1, -0.05) is 78.5 Å². The summed E-state index contributed by atoms with van der Waals surface area (Å²) in [7, 11) is -4.18. The molecule has 0 aliphatic carbocycles. The number of nitrogens with one attached hydrogen (secondary N) is 1. The molecule has 1 atom stereocenters. The summed E-state index contributed by atoms with van der Waals surface area (Å²) in [5, 5.41) is 3.95. The summed E-state index contributed by atoms with van der Waals surface area (Å²) >= 11 is 18.8. The van der Waals surface area contributed by atoms with Crippen molar-refractivity contribution in [2.45, 2.75) is 51.1 Å². The number of rotatable bonds is 12. The van der Waals surface area contributed by atoms with Gasteiger partial charge in [-0.05, 0) is 67.8 Å². The topological polar surface area (TPSA) is 86.8 Å². The monoisotopic (exact) mass is 623 g/mol. The predicted molar refractivity (Wildman–Crippen MR) is 162 cm³/mol. The van der Waals surface area contributed by atoms with Crippen LogP contribution in [0.1, 0.15) is 37.8 Å². The van der Waals surface area contributed by atoms with Crippen molar-refractivity contribution >= 4 is 62.3 Å². The fourth-order valence-corrected chi connectivity index (χ4v) is 6.01. The van der Waals surface area contributed by atoms with Gasteiger partial charge in [-0.2, -0.15) is 0 Å². The largest absolute Gasteiger partial charge is 0.354 e. The van der Waals surface area contributed by atoms with Gasteiger partial charge in [0, 0.05) is 28.2 Å². The average molecular weight is 625 g/mol. The Kier molecular flexibility index (Phi) is 11.3. The molecule has 0 aliphatic heterocycles. The maximum Gasteiger partial charge on any atom is 0.264 e. The molecule has 0 heterocycles. The second kappa shape index (κ2) is 14.2. The zero-order chi connectivity index (χ0) is 29.4. The number of carbonyl (C=O) groups excluding carboxylic acids is 2. The lowest BCUT2D eigenvalue weighted by Gasteiger charge is -2.32. The Bertz CT molecular complexity index is 1450. The smallest absolute Gasteiger partial charge is 0.264 e. The lowest BCUT2D eigenvalue weighted by atomic mass is 10.1. The van der Waals surface area contributed by atoms with Gasteiger partial charge < -0.3 is 10.2 Å². The van der Waals surface area contributed by atoms with Crippen molar-refractivity contribution in [2.24, 2.45) is 0 Å². The van der Waals surface area contributed by atoms with Crippen molar-refractivity contribution in [3.05, 3.63) is 92.9 Å². The van der Waals surface area contributed by atoms with Gasteiger partial charge in [0.05, 0.1) is 10.6 Å². The minimum absolute atomic E-state index is 0.0113. The molecule has 2 amide bonds. The molecule has 0 aromatic heterocycles. The number of hydrogen-bond acceptors (Lipinski definition) is 4. The molecule has 0 bridgehead atoms. The zero-order valence-corrected chi connectivity index (χ0v) is 25.6. The molecule has 214 valence electrons. The van der Waals surface area contributed by atoms with Crippen LogP contribution >= 0.6 is 34.8 Å². The van der Waals surface area contributed by atoms with Crippen molar-refractivity contribution in [1.29, 1.82) is 0 Å². The lowest BCUT2D eigenvalue weighted by molar-refractivity contribution is -0.139. The molecular formula is C29H32Cl3N3O4S. The van der Waals surface area contributed by atoms with Crippen LogP contribution in [-0.4, -0.2) is 44.3 Å². The summed E-state index contributed by atoms with van der Waals surface area (Å²) in [6, 6.07) is 16.5. The Balaban J connectivity index is 2.03. The van der Waals surface area contributed by atoms with E-state index in [2.05, 4.69) is 5.32 Å². The fraction of sp³-hybridized carbons (Fsp3) is 0.310. The van der Waals surface area contributed by atoms with E-state index in [1.165, 1.54) is 23.1 Å². The highest BCUT2D eigenvalue weighted by Gasteiger charge is 2.33. The van der Waals surface area contributed by atoms with E-state index in [9.17, 15) is 18.0 Å². The molecule has 40 heavy (non-hydrogen) atoms. The van der Waals surface area contributed by atoms with Gasteiger partial charge in [-0.25, -0.2) is 8.42 Å². The summed E-state index contributed by atoms with van der Waals surface area (Å²) in [6.45, 7) is 5.25. The molecule has 11 heteroatoms. The predicted octanol–water partition coefficient (Wildman–Crippen LogP) is 6.48. The summed E-state index contributed by atoms with van der Waals surface area (Å²) < 4.78 is 28.6. The molecule has 3 aromatic carbocycles. The fourth-order valence-electron chi connectivity index (χ4n) is 3.94. The van der Waals surface area contributed by atoms with Crippen LogP contribution in [0, 0.1) is 6.92 Å². The van der Waals surface area contributed by atoms with Gasteiger partial charge in [-0.3, -0.25) is 13.9 Å². The van der Waals surface area contributed by atoms with E-state index in [1.54, 1.807) is 62.4 Å². The third kappa shape index (κ3) is 7.91. The summed E-state index contributed by atoms with van der Waals surface area (Å²) in [4.78, 5) is 28.3. The number of unbranched alkanes of at least 4 members (excludes halogenated alkanes) is 1. The minimum Gasteiger partial charge on any atom is -0.354 e. The van der Waals surface area contributed by atoms with Gasteiger partial charge in [0.15, 0.2) is 0 Å². The minimum atomic E-state index is -4.18. The lowest BCUT2D eigenvalue weighted by Crippen LogP contribution is -2.51. The Labute approximate surface area is 251 Å². The van der Waals surface area contributed by atoms with E-state index in [0.717, 1.165) is 22.7 Å². The molecule has 0 aliphatic rings. The van der Waals surface area contributed by atoms with Crippen molar-refractivity contribution in [3.63, 3.8) is 0 Å². The van der Waals surface area contributed by atoms with Gasteiger partial charge in [0.1, 0.15) is 12.6 Å². The molecular weight excluding hydrogens is 593 g/mol. The number of nitrogens with zero attached hydrogens (tertiary/aromatic N) is 2. The number of carbonyl (C=O) groups is 2. The molecule has 1 N–H and O–H groups in total. The third-order valence-corrected chi connectivity index (χ3v) is 9.19. The average Bonchev–Trinajstić information content (AvgIpc) is 2.93. The SMILES string of the molecule is CCCCNC(=O)[C@H](C)N(Cc1ccc(Cl)cc1Cl)C(=O)CN(c1ccc(C)c(Cl)c1)S(=O)(=O)c1ccccc1. The highest BCUT2D eigenvalue weighted by molar-refractivity contribution is 7.92. The van der Waals surface area contributed by atoms with E-state index in [0.29, 0.717) is 27.2 Å². The summed E-state index contributed by atoms with van der Waals surface area (Å²) in [5.41, 5.74) is 1.53. The number of benzene rings is 3. The van der Waals surface area contributed by atoms with Crippen LogP contribution in [0.5, 0.6) is 0 Å². The van der Waals surface area contributed by atoms with Crippen LogP contribution in [0.4, 0.5) is 5.69 Å². The molecule has 7 nitrogen and oxygen atoms in total. The quantitative estimate of drug-likeness (QED) is 0.234. The Morgan fingerprint density at radius 3 is 2.27 bits per heavy atom. The highest BCUT2D eigenvalue weighted by Crippen LogP contribution is 2.29. The van der Waals surface area contributed by atoms with Crippen LogP contribution in [0.3, 0.4) is 0 Å². The molecule has 3 rings (SSSR count). The van der Waals surface area contributed by atoms with Gasteiger partial charge >= 0.3 is 0 Å². The number of hydrogen-bond donors (Lipinski definition) is 1. The first-order chi connectivity index (χ1) is 18.9. The second-order valence-corrected chi connectivity index (χ2v) is 12.4. The molecule has 0 unspecified atom stereocenters. The van der Waals surface area contributed by atoms with Crippen molar-refractivity contribution in [1.82, 2.24) is 10.2 Å². The first-order valence-corrected chi connectivity index (χ1v) is 15.4. The number of anilines is 1. The molecule has 0 saturated carbocycles. The van der Waals surface area contributed by atoms with Gasteiger partial charge in [0.25, 0.3) is 10.0 Å². The first-order valence-electron chi connectivity index (χ1n) is 12.8. The van der Waals surface area contributed by atoms with Crippen molar-refractivity contribution in [3.8, 4) is 0 Å². The normalized spacial score (nSPS) is 12.1. The maximum absolute atomic E-state index is 14.0. The van der Waals surface area contributed by atoms with E-state index < -0.39 is 28.5 Å². The van der Waals surface area contributed by atoms with Crippen LogP contribution < -0.4 is 9.62 Å². The van der Waals surface area contributed by atoms with Crippen molar-refractivity contribution in [2.75, 3.05) is 17.4 Å². The number of sulfonamides is 1. The summed E-state index contributed by atoms with van der Waals surface area (Å²) in [5.74, 6) is -0.955. The van der Waals surface area contributed by atoms with E-state index in [-0.39, 0.29) is 23.0 Å². The maximum atomic E-state index is 14.0. The van der Waals surface area contributed by atoms with Crippen LogP contribution in [0.15, 0.2) is 71.6 Å². The van der Waals surface area contributed by atoms with Crippen LogP contribution in [-0.2, 0) is 26.2 Å². The molecule has 0 radical (unpaired) electrons. The Hall–Kier alpha value is -2.78. The second-order valence-electron chi connectivity index (χ2n) is 9.34. The number of halogens is 3. The molecule has 0 fully saturated rings. The number of amides is 2. The van der Waals surface area contributed by atoms with E-state index in [1.807, 2.05) is 6.92 Å². The molecule has 3 aromatic rings. The third-order valence-electron chi connectivity index (χ3n) is 6.41. The van der Waals surface area contributed by atoms with Crippen LogP contribution in [0.2, 0.25) is 15.1 Å². The van der Waals surface area contributed by atoms with Gasteiger partial charge in [0.2, 0.25) is 11.8 Å².